The summed E-state index contributed by atoms with van der Waals surface area (Å²) in [6.45, 7) is 6.70. The Kier molecular flexibility index (Phi) is 20.9. The molecular formula is C63H69N3O3Ru+3. The van der Waals surface area contributed by atoms with Crippen molar-refractivity contribution in [1.29, 1.82) is 0 Å². The third-order valence-electron chi connectivity index (χ3n) is 13.0. The maximum Gasteiger partial charge on any atom is 3.00 e. The van der Waals surface area contributed by atoms with Crippen LogP contribution in [0.15, 0.2) is 178 Å². The van der Waals surface area contributed by atoms with Crippen molar-refractivity contribution in [2.24, 2.45) is 0 Å². The van der Waals surface area contributed by atoms with Crippen molar-refractivity contribution in [3.63, 3.8) is 0 Å². The topological polar surface area (TPSA) is 98.6 Å². The van der Waals surface area contributed by atoms with Gasteiger partial charge >= 0.3 is 19.5 Å². The minimum Gasteiger partial charge on any atom is -0.321 e. The van der Waals surface area contributed by atoms with Crippen LogP contribution in [0.2, 0.25) is 0 Å². The molecule has 3 aromatic heterocycles. The number of aromatic amines is 3. The number of pyridine rings is 3. The van der Waals surface area contributed by atoms with Crippen molar-refractivity contribution in [2.75, 3.05) is 0 Å². The Bertz CT molecular complexity index is 2840. The van der Waals surface area contributed by atoms with Crippen LogP contribution in [0.3, 0.4) is 0 Å². The second-order valence-electron chi connectivity index (χ2n) is 18.3. The third kappa shape index (κ3) is 15.0. The fourth-order valence-electron chi connectivity index (χ4n) is 8.91. The summed E-state index contributed by atoms with van der Waals surface area (Å²) in [5.74, 6) is 0. The molecule has 7 heteroatoms. The van der Waals surface area contributed by atoms with Gasteiger partial charge in [-0.05, 0) is 124 Å². The van der Waals surface area contributed by atoms with Crippen molar-refractivity contribution in [1.82, 2.24) is 15.0 Å². The molecule has 9 rings (SSSR count). The first-order valence-electron chi connectivity index (χ1n) is 25.5. The summed E-state index contributed by atoms with van der Waals surface area (Å²) in [5, 5.41) is 3.18. The van der Waals surface area contributed by atoms with E-state index in [2.05, 4.69) is 109 Å². The Morgan fingerprint density at radius 3 is 0.829 bits per heavy atom. The summed E-state index contributed by atoms with van der Waals surface area (Å²) < 4.78 is 0. The molecule has 0 fully saturated rings. The van der Waals surface area contributed by atoms with Gasteiger partial charge in [0.05, 0.1) is 0 Å². The second kappa shape index (κ2) is 27.7. The normalized spacial score (nSPS) is 10.8. The average Bonchev–Trinajstić information content (AvgIpc) is 3.38. The molecule has 3 N–H and O–H groups in total. The Hall–Kier alpha value is -6.43. The molecule has 0 aliphatic rings. The number of benzene rings is 6. The number of hydrogen-bond donors (Lipinski definition) is 3. The molecule has 3 heterocycles. The van der Waals surface area contributed by atoms with E-state index >= 15 is 0 Å². The fourth-order valence-corrected chi connectivity index (χ4v) is 8.91. The number of hydrogen-bond acceptors (Lipinski definition) is 3. The first kappa shape index (κ1) is 52.9. The minimum atomic E-state index is -0.0283. The Balaban J connectivity index is 0.000000171. The molecule has 0 unspecified atom stereocenters. The minimum absolute atomic E-state index is 0. The molecule has 0 aliphatic carbocycles. The smallest absolute Gasteiger partial charge is 0.321 e. The maximum absolute atomic E-state index is 12.3. The van der Waals surface area contributed by atoms with E-state index in [0.29, 0.717) is 0 Å². The van der Waals surface area contributed by atoms with E-state index in [9.17, 15) is 14.4 Å². The van der Waals surface area contributed by atoms with Crippen LogP contribution < -0.4 is 16.7 Å². The molecule has 6 aromatic carbocycles. The number of unbranched alkanes of at least 4 members (excludes halogenated alkanes) is 9. The summed E-state index contributed by atoms with van der Waals surface area (Å²) in [7, 11) is 0. The van der Waals surface area contributed by atoms with Gasteiger partial charge in [0.25, 0.3) is 16.7 Å². The first-order valence-corrected chi connectivity index (χ1v) is 25.5. The van der Waals surface area contributed by atoms with E-state index in [4.69, 9.17) is 0 Å². The Labute approximate surface area is 426 Å². The summed E-state index contributed by atoms with van der Waals surface area (Å²) >= 11 is 0. The van der Waals surface area contributed by atoms with Gasteiger partial charge in [-0.1, -0.05) is 206 Å². The van der Waals surface area contributed by atoms with E-state index in [1.165, 1.54) is 93.7 Å². The van der Waals surface area contributed by atoms with Gasteiger partial charge in [-0.2, -0.15) is 0 Å². The molecule has 0 aliphatic heterocycles. The number of H-pyrrole nitrogens is 3. The van der Waals surface area contributed by atoms with Crippen molar-refractivity contribution in [2.45, 2.75) is 117 Å². The van der Waals surface area contributed by atoms with E-state index in [-0.39, 0.29) is 36.2 Å². The van der Waals surface area contributed by atoms with E-state index in [0.717, 1.165) is 85.4 Å². The summed E-state index contributed by atoms with van der Waals surface area (Å²) in [6, 6.07) is 54.8. The first-order chi connectivity index (χ1) is 33.8. The molecule has 0 spiro atoms. The molecule has 70 heavy (non-hydrogen) atoms. The van der Waals surface area contributed by atoms with Crippen LogP contribution in [0.1, 0.15) is 115 Å². The van der Waals surface area contributed by atoms with Crippen LogP contribution in [-0.2, 0) is 38.7 Å². The fraction of sp³-hybridized carbons (Fsp3) is 0.286. The molecule has 359 valence electrons. The van der Waals surface area contributed by atoms with Crippen molar-refractivity contribution >= 4 is 32.7 Å². The van der Waals surface area contributed by atoms with Crippen LogP contribution in [0.4, 0.5) is 0 Å². The van der Waals surface area contributed by atoms with Crippen molar-refractivity contribution < 1.29 is 19.5 Å². The SMILES string of the molecule is CCCCCCc1ccc(-c2cc3ccccc3[nH]c2=O)cc1.CCCCCCc1ccc(-c2cc3ccccc3[nH]c2=O)cc1.CCCCCCc1ccc(-c2cc3ccccc3[nH]c2=O)cc1.[Ru+3]. The van der Waals surface area contributed by atoms with E-state index in [1.807, 2.05) is 91.0 Å². The van der Waals surface area contributed by atoms with Gasteiger partial charge in [0.1, 0.15) is 0 Å². The van der Waals surface area contributed by atoms with Gasteiger partial charge in [0.15, 0.2) is 0 Å². The summed E-state index contributed by atoms with van der Waals surface area (Å²) in [5.41, 5.74) is 11.8. The summed E-state index contributed by atoms with van der Waals surface area (Å²) in [6.07, 6.45) is 18.7. The molecule has 0 saturated heterocycles. The number of nitrogens with one attached hydrogen (secondary N) is 3. The predicted octanol–water partition coefficient (Wildman–Crippen LogP) is 16.0. The zero-order chi connectivity index (χ0) is 48.2. The number of para-hydroxylation sites is 3. The van der Waals surface area contributed by atoms with Gasteiger partial charge in [0, 0.05) is 33.2 Å². The van der Waals surface area contributed by atoms with E-state index < -0.39 is 0 Å². The molecule has 0 saturated carbocycles. The zero-order valence-corrected chi connectivity index (χ0v) is 43.0. The van der Waals surface area contributed by atoms with Crippen molar-refractivity contribution in [3.05, 3.63) is 212 Å². The van der Waals surface area contributed by atoms with Gasteiger partial charge < -0.3 is 15.0 Å². The van der Waals surface area contributed by atoms with Gasteiger partial charge in [0.2, 0.25) is 0 Å². The molecule has 0 atom stereocenters. The van der Waals surface area contributed by atoms with Crippen LogP contribution in [0, 0.1) is 0 Å². The molecule has 6 nitrogen and oxygen atoms in total. The van der Waals surface area contributed by atoms with Gasteiger partial charge in [-0.3, -0.25) is 14.4 Å². The third-order valence-corrected chi connectivity index (χ3v) is 13.0. The number of fused-ring (bicyclic) bond motifs is 3. The quantitative estimate of drug-likeness (QED) is 0.0590. The maximum atomic E-state index is 12.3. The molecular weight excluding hydrogens is 948 g/mol. The van der Waals surface area contributed by atoms with Gasteiger partial charge in [-0.25, -0.2) is 0 Å². The Morgan fingerprint density at radius 2 is 0.571 bits per heavy atom. The largest absolute Gasteiger partial charge is 3.00 e. The van der Waals surface area contributed by atoms with Crippen LogP contribution in [-0.4, -0.2) is 15.0 Å². The second-order valence-corrected chi connectivity index (χ2v) is 18.3. The van der Waals surface area contributed by atoms with Crippen LogP contribution in [0.25, 0.3) is 66.1 Å². The standard InChI is InChI=1S/3C21H23NO.Ru/c3*1-2-3-4-5-8-16-11-13-17(14-12-16)19-15-18-9-6-7-10-20(18)22-21(19)23;/h3*6-7,9-15H,2-5,8H2,1H3,(H,22,23);/q;;;+3. The van der Waals surface area contributed by atoms with Crippen molar-refractivity contribution in [3.8, 4) is 33.4 Å². The molecule has 1 radical (unpaired) electrons. The summed E-state index contributed by atoms with van der Waals surface area (Å²) in [4.78, 5) is 45.8. The van der Waals surface area contributed by atoms with Crippen LogP contribution >= 0.6 is 0 Å². The number of aromatic nitrogens is 3. The molecule has 0 bridgehead atoms. The predicted molar refractivity (Wildman–Crippen MR) is 294 cm³/mol. The molecule has 0 amide bonds. The van der Waals surface area contributed by atoms with Gasteiger partial charge in [-0.15, -0.1) is 0 Å². The van der Waals surface area contributed by atoms with Crippen LogP contribution in [0.5, 0.6) is 0 Å². The monoisotopic (exact) mass is 1020 g/mol. The molecule has 9 aromatic rings. The number of aryl methyl sites for hydroxylation is 3. The van der Waals surface area contributed by atoms with E-state index in [1.54, 1.807) is 0 Å². The average molecular weight is 1020 g/mol. The number of rotatable bonds is 18. The Morgan fingerprint density at radius 1 is 0.314 bits per heavy atom. The zero-order valence-electron chi connectivity index (χ0n) is 41.3.